The summed E-state index contributed by atoms with van der Waals surface area (Å²) in [7, 11) is -5.14. The molecule has 0 N–H and O–H groups in total. The van der Waals surface area contributed by atoms with Crippen LogP contribution in [0.5, 0.6) is 0 Å². The number of hydrogen-bond donors (Lipinski definition) is 0. The van der Waals surface area contributed by atoms with Crippen molar-refractivity contribution in [2.45, 2.75) is 118 Å². The van der Waals surface area contributed by atoms with Crippen LogP contribution in [0.2, 0.25) is 118 Å². The summed E-state index contributed by atoms with van der Waals surface area (Å²) in [6, 6.07) is 0. The first-order chi connectivity index (χ1) is 11.1. The van der Waals surface area contributed by atoms with Crippen LogP contribution in [0.25, 0.3) is 0 Å². The molecule has 0 fully saturated rings. The van der Waals surface area contributed by atoms with E-state index >= 15 is 0 Å². The van der Waals surface area contributed by atoms with Crippen molar-refractivity contribution in [3.05, 3.63) is 17.0 Å². The van der Waals surface area contributed by atoms with E-state index in [9.17, 15) is 0 Å². The van der Waals surface area contributed by atoms with Gasteiger partial charge in [0, 0.05) is 0 Å². The first-order valence-corrected chi connectivity index (χ1v) is 32.2. The Balaban J connectivity index is -0.000000152. The quantitative estimate of drug-likeness (QED) is 0.240. The zero-order valence-electron chi connectivity index (χ0n) is 23.2. The van der Waals surface area contributed by atoms with Gasteiger partial charge in [0.1, 0.15) is 0 Å². The molecular formula is C21H57Si6Ti. The van der Waals surface area contributed by atoms with Crippen LogP contribution < -0.4 is 0 Å². The Morgan fingerprint density at radius 1 is 0.250 bits per heavy atom. The zero-order chi connectivity index (χ0) is 23.1. The Morgan fingerprint density at radius 3 is 0.321 bits per heavy atom. The fourth-order valence-corrected chi connectivity index (χ4v) is 35.1. The van der Waals surface area contributed by atoms with Gasteiger partial charge in [-0.1, -0.05) is 118 Å². The van der Waals surface area contributed by atoms with Gasteiger partial charge in [0.15, 0.2) is 0 Å². The molecule has 0 aromatic rings. The summed E-state index contributed by atoms with van der Waals surface area (Å²) in [4.78, 5) is 0. The van der Waals surface area contributed by atoms with Crippen molar-refractivity contribution >= 4 is 48.4 Å². The molecule has 0 bridgehead atoms. The molecule has 0 amide bonds. The van der Waals surface area contributed by atoms with Gasteiger partial charge in [0.25, 0.3) is 0 Å². The molecule has 0 saturated heterocycles. The summed E-state index contributed by atoms with van der Waals surface area (Å²) in [6.07, 6.45) is 0. The summed E-state index contributed by atoms with van der Waals surface area (Å²) < 4.78 is 0. The molecule has 0 aliphatic heterocycles. The van der Waals surface area contributed by atoms with Crippen LogP contribution in [-0.2, 0) is 21.7 Å². The van der Waals surface area contributed by atoms with Gasteiger partial charge in [-0.2, -0.15) is 0 Å². The molecule has 0 rings (SSSR count). The largest absolute Gasteiger partial charge is 3.00 e. The average Bonchev–Trinajstić information content (AvgIpc) is 1.96. The smallest absolute Gasteiger partial charge is 0.327 e. The van der Waals surface area contributed by atoms with Crippen molar-refractivity contribution in [2.24, 2.45) is 0 Å². The van der Waals surface area contributed by atoms with Gasteiger partial charge in [-0.25, -0.2) is 0 Å². The number of rotatable bonds is 6. The molecule has 7 heteroatoms. The van der Waals surface area contributed by atoms with Gasteiger partial charge in [0.05, 0.1) is 0 Å². The molecule has 0 atom stereocenters. The van der Waals surface area contributed by atoms with Crippen LogP contribution >= 0.6 is 0 Å². The van der Waals surface area contributed by atoms with Crippen molar-refractivity contribution in [3.63, 3.8) is 0 Å². The van der Waals surface area contributed by atoms with E-state index in [2.05, 4.69) is 135 Å². The van der Waals surface area contributed by atoms with Crippen LogP contribution in [0.15, 0.2) is 0 Å². The number of hydrogen-bond acceptors (Lipinski definition) is 0. The topological polar surface area (TPSA) is 0 Å². The Kier molecular flexibility index (Phi) is 18.1. The van der Waals surface area contributed by atoms with Crippen molar-refractivity contribution in [2.75, 3.05) is 0 Å². The van der Waals surface area contributed by atoms with E-state index in [1.807, 2.05) is 0 Å². The third-order valence-corrected chi connectivity index (χ3v) is 23.4. The minimum atomic E-state index is -0.856. The van der Waals surface area contributed by atoms with Crippen molar-refractivity contribution in [3.8, 4) is 0 Å². The van der Waals surface area contributed by atoms with Gasteiger partial charge in [0.2, 0.25) is 0 Å². The summed E-state index contributed by atoms with van der Waals surface area (Å²) in [6.45, 7) is 43.3. The Morgan fingerprint density at radius 2 is 0.321 bits per heavy atom. The van der Waals surface area contributed by atoms with Crippen LogP contribution in [0.1, 0.15) is 0 Å². The summed E-state index contributed by atoms with van der Waals surface area (Å²) >= 11 is 0. The molecule has 0 heterocycles. The molecule has 0 nitrogen and oxygen atoms in total. The molecule has 0 unspecified atom stereocenters. The summed E-state index contributed by atoms with van der Waals surface area (Å²) in [5, 5.41) is 0. The fourth-order valence-electron chi connectivity index (χ4n) is 3.90. The van der Waals surface area contributed by atoms with E-state index in [1.54, 1.807) is 0 Å². The zero-order valence-corrected chi connectivity index (χ0v) is 30.8. The van der Waals surface area contributed by atoms with Gasteiger partial charge in [-0.05, 0) is 0 Å². The van der Waals surface area contributed by atoms with E-state index in [0.717, 1.165) is 0 Å². The predicted octanol–water partition coefficient (Wildman–Crippen LogP) is 8.83. The molecule has 169 valence electrons. The minimum absolute atomic E-state index is 0. The molecule has 1 radical (unpaired) electrons. The van der Waals surface area contributed by atoms with E-state index in [0.29, 0.717) is 0 Å². The van der Waals surface area contributed by atoms with E-state index in [-0.39, 0.29) is 21.7 Å². The normalized spacial score (nSPS) is 13.5. The van der Waals surface area contributed by atoms with Crippen LogP contribution in [0.4, 0.5) is 0 Å². The van der Waals surface area contributed by atoms with Crippen LogP contribution in [-0.4, -0.2) is 48.4 Å². The third-order valence-electron chi connectivity index (χ3n) is 2.60. The molecule has 0 aromatic heterocycles. The van der Waals surface area contributed by atoms with Crippen molar-refractivity contribution in [1.82, 2.24) is 0 Å². The molecular weight excluding hydrogens is 469 g/mol. The molecule has 28 heavy (non-hydrogen) atoms. The van der Waals surface area contributed by atoms with Gasteiger partial charge < -0.3 is 17.0 Å². The minimum Gasteiger partial charge on any atom is -0.327 e. The van der Waals surface area contributed by atoms with Crippen LogP contribution in [0.3, 0.4) is 0 Å². The predicted molar refractivity (Wildman–Crippen MR) is 153 cm³/mol. The molecule has 0 aromatic carbocycles. The molecule has 0 spiro atoms. The Labute approximate surface area is 203 Å². The fraction of sp³-hybridized carbons (Fsp3) is 0.857. The standard InChI is InChI=1S/3C7H19Si2.Ti/c3*1-8(2,3)7-9(4,5)6;/h3*7H,1-6H3;/q3*-1;+3. The van der Waals surface area contributed by atoms with E-state index < -0.39 is 48.4 Å². The summed E-state index contributed by atoms with van der Waals surface area (Å²) in [5.41, 5.74) is 7.96. The maximum absolute atomic E-state index is 2.65. The molecule has 0 saturated carbocycles. The maximum atomic E-state index is 2.65. The van der Waals surface area contributed by atoms with Crippen molar-refractivity contribution in [1.29, 1.82) is 0 Å². The third kappa shape index (κ3) is 51.0. The second kappa shape index (κ2) is 13.5. The van der Waals surface area contributed by atoms with Gasteiger partial charge in [-0.3, -0.25) is 0 Å². The maximum Gasteiger partial charge on any atom is 3.00 e. The molecule has 0 aliphatic carbocycles. The monoisotopic (exact) mass is 525 g/mol. The van der Waals surface area contributed by atoms with E-state index in [1.165, 1.54) is 0 Å². The van der Waals surface area contributed by atoms with Gasteiger partial charge in [-0.15, -0.1) is 48.4 Å². The summed E-state index contributed by atoms with van der Waals surface area (Å²) in [5.74, 6) is 0. The van der Waals surface area contributed by atoms with E-state index in [4.69, 9.17) is 0 Å². The van der Waals surface area contributed by atoms with Crippen molar-refractivity contribution < 1.29 is 21.7 Å². The first kappa shape index (κ1) is 37.3. The Hall–Kier alpha value is 2.02. The second-order valence-electron chi connectivity index (χ2n) is 14.6. The second-order valence-corrected chi connectivity index (χ2v) is 46.5. The molecule has 0 aliphatic rings. The average molecular weight is 526 g/mol. The van der Waals surface area contributed by atoms with Crippen LogP contribution in [0, 0.1) is 17.0 Å². The SMILES string of the molecule is C[Si](C)(C)[CH-][Si](C)(C)C.C[Si](C)(C)[CH-][Si](C)(C)C.C[Si](C)(C)[CH-][Si](C)(C)C.[Ti+3]. The van der Waals surface area contributed by atoms with Gasteiger partial charge >= 0.3 is 21.7 Å². The first-order valence-electron chi connectivity index (χ1n) is 10.7. The Bertz CT molecular complexity index is 284.